The number of carbonyl (C=O) groups is 4. The first-order chi connectivity index (χ1) is 12.3. The largest absolute Gasteiger partial charge is 0.339 e. The molecule has 10 heteroatoms. The monoisotopic (exact) mass is 379 g/mol. The summed E-state index contributed by atoms with van der Waals surface area (Å²) in [6.07, 6.45) is 0.632. The number of hydrogen-bond donors (Lipinski definition) is 1. The Balaban J connectivity index is 1.59. The molecule has 5 amide bonds. The van der Waals surface area contributed by atoms with Gasteiger partial charge in [0.15, 0.2) is 0 Å². The highest BCUT2D eigenvalue weighted by Crippen LogP contribution is 2.17. The molecule has 3 rings (SSSR count). The maximum absolute atomic E-state index is 12.6. The summed E-state index contributed by atoms with van der Waals surface area (Å²) in [4.78, 5) is 57.3. The van der Waals surface area contributed by atoms with Crippen LogP contribution >= 0.6 is 11.3 Å². The quantitative estimate of drug-likeness (QED) is 0.753. The van der Waals surface area contributed by atoms with Gasteiger partial charge < -0.3 is 15.1 Å². The predicted octanol–water partition coefficient (Wildman–Crippen LogP) is 0.148. The number of urea groups is 1. The van der Waals surface area contributed by atoms with E-state index in [1.165, 1.54) is 11.3 Å². The van der Waals surface area contributed by atoms with Crippen LogP contribution in [0.4, 0.5) is 4.79 Å². The van der Waals surface area contributed by atoms with E-state index in [0.29, 0.717) is 38.3 Å². The minimum Gasteiger partial charge on any atom is -0.339 e. The molecule has 0 bridgehead atoms. The minimum atomic E-state index is -0.993. The molecule has 1 aromatic heterocycles. The summed E-state index contributed by atoms with van der Waals surface area (Å²) in [6.45, 7) is 4.70. The second-order valence-corrected chi connectivity index (χ2v) is 7.57. The van der Waals surface area contributed by atoms with Crippen LogP contribution in [-0.4, -0.2) is 81.7 Å². The molecule has 2 aliphatic rings. The molecule has 1 aromatic rings. The van der Waals surface area contributed by atoms with Gasteiger partial charge in [-0.3, -0.25) is 19.3 Å². The fraction of sp³-hybridized carbons (Fsp3) is 0.562. The van der Waals surface area contributed by atoms with E-state index in [0.717, 1.165) is 4.90 Å². The van der Waals surface area contributed by atoms with Crippen molar-refractivity contribution in [2.75, 3.05) is 32.7 Å². The van der Waals surface area contributed by atoms with Crippen molar-refractivity contribution in [2.45, 2.75) is 25.8 Å². The Kier molecular flexibility index (Phi) is 4.94. The van der Waals surface area contributed by atoms with Crippen molar-refractivity contribution >= 4 is 35.1 Å². The second kappa shape index (κ2) is 7.02. The molecule has 2 saturated heterocycles. The molecule has 26 heavy (non-hydrogen) atoms. The zero-order valence-electron chi connectivity index (χ0n) is 14.7. The standard InChI is InChI=1S/C16H21N5O4S/c1-16(2)14(24)21(15(25)18-16)8-12(22)19-4-3-5-20(7-6-19)13(23)11-9-26-10-17-11/h9-10H,3-8H2,1-2H3,(H,18,25). The summed E-state index contributed by atoms with van der Waals surface area (Å²) in [5.41, 5.74) is 1.03. The molecule has 2 aliphatic heterocycles. The van der Waals surface area contributed by atoms with Gasteiger partial charge in [0.1, 0.15) is 17.8 Å². The first kappa shape index (κ1) is 18.3. The highest BCUT2D eigenvalue weighted by molar-refractivity contribution is 7.07. The Morgan fingerprint density at radius 3 is 2.50 bits per heavy atom. The average Bonchev–Trinajstić information content (AvgIpc) is 3.09. The fourth-order valence-corrected chi connectivity index (χ4v) is 3.57. The maximum Gasteiger partial charge on any atom is 0.325 e. The fourth-order valence-electron chi connectivity index (χ4n) is 3.05. The van der Waals surface area contributed by atoms with E-state index >= 15 is 0 Å². The van der Waals surface area contributed by atoms with Crippen LogP contribution in [0.1, 0.15) is 30.8 Å². The molecule has 0 saturated carbocycles. The lowest BCUT2D eigenvalue weighted by molar-refractivity contribution is -0.138. The Hall–Kier alpha value is -2.49. The van der Waals surface area contributed by atoms with Gasteiger partial charge in [0.2, 0.25) is 5.91 Å². The van der Waals surface area contributed by atoms with Gasteiger partial charge >= 0.3 is 6.03 Å². The summed E-state index contributed by atoms with van der Waals surface area (Å²) in [7, 11) is 0. The first-order valence-corrected chi connectivity index (χ1v) is 9.33. The van der Waals surface area contributed by atoms with Crippen molar-refractivity contribution < 1.29 is 19.2 Å². The predicted molar refractivity (Wildman–Crippen MR) is 93.5 cm³/mol. The van der Waals surface area contributed by atoms with Crippen molar-refractivity contribution in [2.24, 2.45) is 0 Å². The van der Waals surface area contributed by atoms with Crippen molar-refractivity contribution in [3.8, 4) is 0 Å². The molecule has 0 unspecified atom stereocenters. The van der Waals surface area contributed by atoms with Crippen LogP contribution in [0, 0.1) is 0 Å². The number of imide groups is 1. The van der Waals surface area contributed by atoms with E-state index in [4.69, 9.17) is 0 Å². The molecule has 0 radical (unpaired) electrons. The molecule has 1 N–H and O–H groups in total. The molecule has 140 valence electrons. The number of nitrogens with one attached hydrogen (secondary N) is 1. The average molecular weight is 379 g/mol. The molecule has 0 spiro atoms. The summed E-state index contributed by atoms with van der Waals surface area (Å²) < 4.78 is 0. The van der Waals surface area contributed by atoms with Gasteiger partial charge in [0, 0.05) is 31.6 Å². The van der Waals surface area contributed by atoms with E-state index in [9.17, 15) is 19.2 Å². The Labute approximate surface area is 154 Å². The van der Waals surface area contributed by atoms with Crippen LogP contribution in [0.2, 0.25) is 0 Å². The third-order valence-electron chi connectivity index (χ3n) is 4.53. The van der Waals surface area contributed by atoms with Gasteiger partial charge in [-0.05, 0) is 20.3 Å². The number of amides is 5. The number of hydrogen-bond acceptors (Lipinski definition) is 6. The molecule has 3 heterocycles. The van der Waals surface area contributed by atoms with Crippen LogP contribution in [0.25, 0.3) is 0 Å². The van der Waals surface area contributed by atoms with Gasteiger partial charge in [0.05, 0.1) is 5.51 Å². The third kappa shape index (κ3) is 3.55. The van der Waals surface area contributed by atoms with Gasteiger partial charge in [0.25, 0.3) is 11.8 Å². The number of rotatable bonds is 3. The number of nitrogens with zero attached hydrogens (tertiary/aromatic N) is 4. The highest BCUT2D eigenvalue weighted by Gasteiger charge is 2.45. The highest BCUT2D eigenvalue weighted by atomic mass is 32.1. The summed E-state index contributed by atoms with van der Waals surface area (Å²) in [6, 6.07) is -0.552. The zero-order chi connectivity index (χ0) is 18.9. The van der Waals surface area contributed by atoms with Crippen LogP contribution in [0.5, 0.6) is 0 Å². The Bertz CT molecular complexity index is 733. The lowest BCUT2D eigenvalue weighted by Gasteiger charge is -2.23. The van der Waals surface area contributed by atoms with E-state index in [1.807, 2.05) is 0 Å². The lowest BCUT2D eigenvalue weighted by atomic mass is 10.1. The molecule has 2 fully saturated rings. The second-order valence-electron chi connectivity index (χ2n) is 6.85. The van der Waals surface area contributed by atoms with Gasteiger partial charge in [-0.1, -0.05) is 0 Å². The topological polar surface area (TPSA) is 103 Å². The molecule has 9 nitrogen and oxygen atoms in total. The summed E-state index contributed by atoms with van der Waals surface area (Å²) >= 11 is 1.36. The van der Waals surface area contributed by atoms with Crippen LogP contribution in [0.15, 0.2) is 10.9 Å². The first-order valence-electron chi connectivity index (χ1n) is 8.39. The van der Waals surface area contributed by atoms with E-state index in [2.05, 4.69) is 10.3 Å². The van der Waals surface area contributed by atoms with E-state index in [1.54, 1.807) is 34.5 Å². The van der Waals surface area contributed by atoms with E-state index in [-0.39, 0.29) is 18.4 Å². The lowest BCUT2D eigenvalue weighted by Crippen LogP contribution is -2.45. The van der Waals surface area contributed by atoms with Crippen LogP contribution in [0.3, 0.4) is 0 Å². The molecular formula is C16H21N5O4S. The Morgan fingerprint density at radius 1 is 1.19 bits per heavy atom. The van der Waals surface area contributed by atoms with Crippen LogP contribution in [-0.2, 0) is 9.59 Å². The third-order valence-corrected chi connectivity index (χ3v) is 5.11. The smallest absolute Gasteiger partial charge is 0.325 e. The van der Waals surface area contributed by atoms with Crippen molar-refractivity contribution in [3.63, 3.8) is 0 Å². The number of thiazole rings is 1. The van der Waals surface area contributed by atoms with Crippen molar-refractivity contribution in [3.05, 3.63) is 16.6 Å². The maximum atomic E-state index is 12.6. The van der Waals surface area contributed by atoms with Gasteiger partial charge in [-0.2, -0.15) is 0 Å². The molecule has 0 aromatic carbocycles. The number of aromatic nitrogens is 1. The van der Waals surface area contributed by atoms with Gasteiger partial charge in [-0.25, -0.2) is 9.78 Å². The minimum absolute atomic E-state index is 0.142. The van der Waals surface area contributed by atoms with Crippen molar-refractivity contribution in [1.29, 1.82) is 0 Å². The van der Waals surface area contributed by atoms with E-state index < -0.39 is 17.5 Å². The summed E-state index contributed by atoms with van der Waals surface area (Å²) in [5, 5.41) is 4.26. The van der Waals surface area contributed by atoms with Crippen molar-refractivity contribution in [1.82, 2.24) is 25.0 Å². The van der Waals surface area contributed by atoms with Gasteiger partial charge in [-0.15, -0.1) is 11.3 Å². The normalized spacial score (nSPS) is 20.2. The molecular weight excluding hydrogens is 358 g/mol. The zero-order valence-corrected chi connectivity index (χ0v) is 15.5. The number of carbonyl (C=O) groups excluding carboxylic acids is 4. The van der Waals surface area contributed by atoms with Crippen LogP contribution < -0.4 is 5.32 Å². The Morgan fingerprint density at radius 2 is 1.88 bits per heavy atom. The molecule has 0 aliphatic carbocycles. The SMILES string of the molecule is CC1(C)NC(=O)N(CC(=O)N2CCCN(C(=O)c3cscn3)CC2)C1=O. The summed E-state index contributed by atoms with van der Waals surface area (Å²) in [5.74, 6) is -0.850. The molecule has 0 atom stereocenters.